The van der Waals surface area contributed by atoms with Crippen LogP contribution in [0, 0.1) is 0 Å². The fourth-order valence-electron chi connectivity index (χ4n) is 3.42. The van der Waals surface area contributed by atoms with E-state index in [0.717, 1.165) is 29.4 Å². The molecule has 0 bridgehead atoms. The molecule has 3 aromatic rings. The summed E-state index contributed by atoms with van der Waals surface area (Å²) in [6.45, 7) is 1.84. The molecule has 3 rings (SSSR count). The smallest absolute Gasteiger partial charge is 0.295 e. The van der Waals surface area contributed by atoms with E-state index in [9.17, 15) is 9.59 Å². The van der Waals surface area contributed by atoms with Gasteiger partial charge in [0.2, 0.25) is 0 Å². The Balaban J connectivity index is 1.85. The molecule has 0 fully saturated rings. The van der Waals surface area contributed by atoms with Crippen LogP contribution in [0.15, 0.2) is 60.8 Å². The van der Waals surface area contributed by atoms with Crippen LogP contribution < -0.4 is 0 Å². The summed E-state index contributed by atoms with van der Waals surface area (Å²) in [6, 6.07) is 17.5. The van der Waals surface area contributed by atoms with Crippen LogP contribution in [0.4, 0.5) is 0 Å². The van der Waals surface area contributed by atoms with E-state index in [1.807, 2.05) is 80.3 Å². The minimum Gasteiger partial charge on any atom is -0.350 e. The number of nitrogens with zero attached hydrogens (tertiary/aromatic N) is 3. The van der Waals surface area contributed by atoms with Crippen LogP contribution >= 0.6 is 0 Å². The first-order valence-corrected chi connectivity index (χ1v) is 9.53. The molecule has 0 saturated heterocycles. The highest BCUT2D eigenvalue weighted by Crippen LogP contribution is 2.21. The van der Waals surface area contributed by atoms with Gasteiger partial charge >= 0.3 is 0 Å². The summed E-state index contributed by atoms with van der Waals surface area (Å²) >= 11 is 0. The fourth-order valence-corrected chi connectivity index (χ4v) is 3.42. The molecule has 0 aliphatic rings. The highest BCUT2D eigenvalue weighted by molar-refractivity contribution is 6.44. The van der Waals surface area contributed by atoms with Crippen molar-refractivity contribution in [1.29, 1.82) is 0 Å². The number of hydrogen-bond donors (Lipinski definition) is 0. The molecule has 0 unspecified atom stereocenters. The van der Waals surface area contributed by atoms with Gasteiger partial charge in [0, 0.05) is 37.2 Å². The Morgan fingerprint density at radius 2 is 1.61 bits per heavy atom. The maximum absolute atomic E-state index is 13.1. The van der Waals surface area contributed by atoms with E-state index < -0.39 is 11.7 Å². The summed E-state index contributed by atoms with van der Waals surface area (Å²) in [5, 5.41) is 0.816. The Bertz CT molecular complexity index is 960. The van der Waals surface area contributed by atoms with E-state index in [-0.39, 0.29) is 0 Å². The van der Waals surface area contributed by atoms with Crippen molar-refractivity contribution in [3.8, 4) is 0 Å². The molecule has 1 aromatic heterocycles. The van der Waals surface area contributed by atoms with Gasteiger partial charge < -0.3 is 14.4 Å². The number of aromatic nitrogens is 1. The molecule has 146 valence electrons. The van der Waals surface area contributed by atoms with Crippen molar-refractivity contribution in [2.45, 2.75) is 13.0 Å². The van der Waals surface area contributed by atoms with Crippen LogP contribution in [0.5, 0.6) is 0 Å². The Morgan fingerprint density at radius 1 is 0.929 bits per heavy atom. The summed E-state index contributed by atoms with van der Waals surface area (Å²) in [5.41, 5.74) is 2.43. The average Bonchev–Trinajstić information content (AvgIpc) is 3.03. The first-order valence-electron chi connectivity index (χ1n) is 9.53. The Hall–Kier alpha value is -2.92. The van der Waals surface area contributed by atoms with Crippen LogP contribution in [0.3, 0.4) is 0 Å². The third kappa shape index (κ3) is 4.49. The maximum Gasteiger partial charge on any atom is 0.295 e. The predicted octanol–water partition coefficient (Wildman–Crippen LogP) is 3.34. The van der Waals surface area contributed by atoms with Gasteiger partial charge in [-0.15, -0.1) is 0 Å². The quantitative estimate of drug-likeness (QED) is 0.447. The van der Waals surface area contributed by atoms with Crippen molar-refractivity contribution in [3.05, 3.63) is 71.9 Å². The molecule has 0 aliphatic heterocycles. The zero-order valence-electron chi connectivity index (χ0n) is 16.8. The van der Waals surface area contributed by atoms with Gasteiger partial charge in [0.15, 0.2) is 0 Å². The monoisotopic (exact) mass is 377 g/mol. The van der Waals surface area contributed by atoms with E-state index in [1.54, 1.807) is 11.1 Å². The number of benzene rings is 2. The van der Waals surface area contributed by atoms with Gasteiger partial charge in [-0.3, -0.25) is 9.59 Å². The molecule has 0 radical (unpaired) electrons. The van der Waals surface area contributed by atoms with Crippen molar-refractivity contribution >= 4 is 22.6 Å². The fraction of sp³-hybridized carbons (Fsp3) is 0.304. The normalized spacial score (nSPS) is 11.1. The molecular weight excluding hydrogens is 350 g/mol. The summed E-state index contributed by atoms with van der Waals surface area (Å²) in [6.07, 6.45) is 2.57. The molecule has 0 aliphatic carbocycles. The van der Waals surface area contributed by atoms with Crippen molar-refractivity contribution in [1.82, 2.24) is 14.4 Å². The molecule has 0 atom stereocenters. The predicted molar refractivity (Wildman–Crippen MR) is 112 cm³/mol. The summed E-state index contributed by atoms with van der Waals surface area (Å²) in [5.74, 6) is -0.892. The number of amides is 1. The number of carbonyl (C=O) groups is 2. The van der Waals surface area contributed by atoms with Crippen LogP contribution in [0.25, 0.3) is 10.9 Å². The molecule has 1 amide bonds. The van der Waals surface area contributed by atoms with Crippen molar-refractivity contribution in [2.75, 3.05) is 27.2 Å². The largest absolute Gasteiger partial charge is 0.350 e. The van der Waals surface area contributed by atoms with E-state index in [4.69, 9.17) is 0 Å². The van der Waals surface area contributed by atoms with Crippen LogP contribution in [0.1, 0.15) is 22.3 Å². The number of para-hydroxylation sites is 1. The topological polar surface area (TPSA) is 45.6 Å². The Morgan fingerprint density at radius 3 is 2.32 bits per heavy atom. The van der Waals surface area contributed by atoms with E-state index in [0.29, 0.717) is 18.7 Å². The van der Waals surface area contributed by atoms with E-state index >= 15 is 0 Å². The number of carbonyl (C=O) groups excluding carboxylic acids is 2. The number of fused-ring (bicyclic) bond motifs is 1. The highest BCUT2D eigenvalue weighted by Gasteiger charge is 2.26. The number of ketones is 1. The zero-order chi connectivity index (χ0) is 20.1. The average molecular weight is 377 g/mol. The third-order valence-corrected chi connectivity index (χ3v) is 4.87. The number of Topliss-reactive ketones (excluding diaryl/α,β-unsaturated/α-hetero) is 1. The van der Waals surface area contributed by atoms with Crippen LogP contribution in [-0.4, -0.2) is 53.2 Å². The second-order valence-corrected chi connectivity index (χ2v) is 7.37. The zero-order valence-corrected chi connectivity index (χ0v) is 16.8. The SMILES string of the molecule is CN(C)CCCN(Cc1ccccc1)C(=O)C(=O)c1cn(C)c2ccccc12. The van der Waals surface area contributed by atoms with Crippen molar-refractivity contribution in [3.63, 3.8) is 0 Å². The minimum atomic E-state index is -0.447. The molecule has 0 N–H and O–H groups in total. The van der Waals surface area contributed by atoms with Crippen LogP contribution in [-0.2, 0) is 18.4 Å². The lowest BCUT2D eigenvalue weighted by atomic mass is 10.1. The molecule has 0 spiro atoms. The van der Waals surface area contributed by atoms with Gasteiger partial charge in [-0.05, 0) is 38.7 Å². The van der Waals surface area contributed by atoms with Crippen molar-refractivity contribution < 1.29 is 9.59 Å². The Labute approximate surface area is 166 Å². The number of hydrogen-bond acceptors (Lipinski definition) is 3. The molecule has 2 aromatic carbocycles. The lowest BCUT2D eigenvalue weighted by Gasteiger charge is -2.23. The second-order valence-electron chi connectivity index (χ2n) is 7.37. The third-order valence-electron chi connectivity index (χ3n) is 4.87. The van der Waals surface area contributed by atoms with Gasteiger partial charge in [0.05, 0.1) is 5.56 Å². The minimum absolute atomic E-state index is 0.434. The molecule has 28 heavy (non-hydrogen) atoms. The highest BCUT2D eigenvalue weighted by atomic mass is 16.2. The molecule has 0 saturated carbocycles. The summed E-state index contributed by atoms with van der Waals surface area (Å²) < 4.78 is 1.89. The van der Waals surface area contributed by atoms with Gasteiger partial charge in [0.25, 0.3) is 11.7 Å². The van der Waals surface area contributed by atoms with Gasteiger partial charge in [-0.25, -0.2) is 0 Å². The second kappa shape index (κ2) is 8.85. The van der Waals surface area contributed by atoms with Crippen LogP contribution in [0.2, 0.25) is 0 Å². The van der Waals surface area contributed by atoms with Gasteiger partial charge in [-0.2, -0.15) is 0 Å². The van der Waals surface area contributed by atoms with Gasteiger partial charge in [0.1, 0.15) is 0 Å². The molecular formula is C23H27N3O2. The van der Waals surface area contributed by atoms with Gasteiger partial charge in [-0.1, -0.05) is 48.5 Å². The summed E-state index contributed by atoms with van der Waals surface area (Å²) in [7, 11) is 5.90. The van der Waals surface area contributed by atoms with E-state index in [2.05, 4.69) is 4.90 Å². The first-order chi connectivity index (χ1) is 13.5. The standard InChI is InChI=1S/C23H27N3O2/c1-24(2)14-9-15-26(16-18-10-5-4-6-11-18)23(28)22(27)20-17-25(3)21-13-8-7-12-19(20)21/h4-8,10-13,17H,9,14-16H2,1-3H3. The molecule has 5 nitrogen and oxygen atoms in total. The van der Waals surface area contributed by atoms with E-state index in [1.165, 1.54) is 0 Å². The number of rotatable bonds is 8. The lowest BCUT2D eigenvalue weighted by Crippen LogP contribution is -2.37. The summed E-state index contributed by atoms with van der Waals surface area (Å²) in [4.78, 5) is 30.0. The first kappa shape index (κ1) is 19.8. The lowest BCUT2D eigenvalue weighted by molar-refractivity contribution is -0.127. The Kier molecular flexibility index (Phi) is 6.26. The molecule has 1 heterocycles. The maximum atomic E-state index is 13.1. The number of aryl methyl sites for hydroxylation is 1. The molecule has 5 heteroatoms. The van der Waals surface area contributed by atoms with Crippen molar-refractivity contribution in [2.24, 2.45) is 7.05 Å².